The third kappa shape index (κ3) is 5.32. The van der Waals surface area contributed by atoms with Gasteiger partial charge in [-0.05, 0) is 36.4 Å². The lowest BCUT2D eigenvalue weighted by Gasteiger charge is -2.36. The van der Waals surface area contributed by atoms with E-state index in [2.05, 4.69) is 0 Å². The number of rotatable bonds is 5. The number of amides is 1. The quantitative estimate of drug-likeness (QED) is 0.726. The highest BCUT2D eigenvalue weighted by molar-refractivity contribution is 6.30. The molecule has 0 aromatic heterocycles. The Balaban J connectivity index is 1.47. The first-order valence-electron chi connectivity index (χ1n) is 8.91. The second-order valence-corrected chi connectivity index (χ2v) is 6.91. The fourth-order valence-electron chi connectivity index (χ4n) is 3.06. The SMILES string of the molecule is O=C(CCOc1cccc(Cl)c1)N1CCN(c2cccc(C(F)(F)F)c2)CC1. The van der Waals surface area contributed by atoms with Gasteiger partial charge in [0.05, 0.1) is 18.6 Å². The third-order valence-corrected chi connectivity index (χ3v) is 4.79. The first kappa shape index (κ1) is 20.3. The molecule has 1 saturated heterocycles. The lowest BCUT2D eigenvalue weighted by molar-refractivity contribution is -0.137. The van der Waals surface area contributed by atoms with Crippen molar-refractivity contribution < 1.29 is 22.7 Å². The molecule has 0 aliphatic carbocycles. The largest absolute Gasteiger partial charge is 0.493 e. The number of halogens is 4. The first-order chi connectivity index (χ1) is 13.3. The van der Waals surface area contributed by atoms with Crippen molar-refractivity contribution in [3.8, 4) is 5.75 Å². The number of anilines is 1. The summed E-state index contributed by atoms with van der Waals surface area (Å²) in [6.07, 6.45) is -4.13. The van der Waals surface area contributed by atoms with E-state index in [1.807, 2.05) is 4.90 Å². The molecule has 0 unspecified atom stereocenters. The summed E-state index contributed by atoms with van der Waals surface area (Å²) in [6.45, 7) is 2.15. The number of nitrogens with zero attached hydrogens (tertiary/aromatic N) is 2. The highest BCUT2D eigenvalue weighted by Gasteiger charge is 2.31. The number of hydrogen-bond acceptors (Lipinski definition) is 3. The molecule has 8 heteroatoms. The summed E-state index contributed by atoms with van der Waals surface area (Å²) in [5.41, 5.74) is -0.145. The maximum absolute atomic E-state index is 12.9. The van der Waals surface area contributed by atoms with E-state index in [0.717, 1.165) is 12.1 Å². The molecule has 0 N–H and O–H groups in total. The summed E-state index contributed by atoms with van der Waals surface area (Å²) >= 11 is 5.88. The van der Waals surface area contributed by atoms with E-state index in [1.165, 1.54) is 6.07 Å². The Kier molecular flexibility index (Phi) is 6.34. The Morgan fingerprint density at radius 2 is 1.75 bits per heavy atom. The van der Waals surface area contributed by atoms with Gasteiger partial charge in [0, 0.05) is 36.9 Å². The van der Waals surface area contributed by atoms with Gasteiger partial charge in [-0.15, -0.1) is 0 Å². The van der Waals surface area contributed by atoms with E-state index in [0.29, 0.717) is 42.6 Å². The van der Waals surface area contributed by atoms with Crippen LogP contribution in [0.5, 0.6) is 5.75 Å². The zero-order valence-corrected chi connectivity index (χ0v) is 15.8. The zero-order valence-electron chi connectivity index (χ0n) is 15.1. The van der Waals surface area contributed by atoms with Crippen LogP contribution in [0, 0.1) is 0 Å². The second-order valence-electron chi connectivity index (χ2n) is 6.47. The number of carbonyl (C=O) groups is 1. The van der Waals surface area contributed by atoms with Crippen LogP contribution in [0.1, 0.15) is 12.0 Å². The molecule has 1 aliphatic heterocycles. The van der Waals surface area contributed by atoms with Gasteiger partial charge in [-0.1, -0.05) is 23.7 Å². The van der Waals surface area contributed by atoms with Crippen molar-refractivity contribution in [3.05, 3.63) is 59.1 Å². The van der Waals surface area contributed by atoms with Gasteiger partial charge in [-0.2, -0.15) is 13.2 Å². The molecule has 1 fully saturated rings. The molecule has 2 aromatic rings. The molecule has 0 atom stereocenters. The van der Waals surface area contributed by atoms with Crippen LogP contribution in [0.15, 0.2) is 48.5 Å². The lowest BCUT2D eigenvalue weighted by atomic mass is 10.1. The molecule has 0 saturated carbocycles. The minimum absolute atomic E-state index is 0.0364. The van der Waals surface area contributed by atoms with Gasteiger partial charge in [0.15, 0.2) is 0 Å². The fourth-order valence-corrected chi connectivity index (χ4v) is 3.24. The minimum Gasteiger partial charge on any atom is -0.493 e. The first-order valence-corrected chi connectivity index (χ1v) is 9.29. The Morgan fingerprint density at radius 1 is 1.04 bits per heavy atom. The predicted octanol–water partition coefficient (Wildman–Crippen LogP) is 4.48. The maximum atomic E-state index is 12.9. The van der Waals surface area contributed by atoms with Gasteiger partial charge < -0.3 is 14.5 Å². The Hall–Kier alpha value is -2.41. The van der Waals surface area contributed by atoms with Crippen LogP contribution in [0.4, 0.5) is 18.9 Å². The van der Waals surface area contributed by atoms with Crippen molar-refractivity contribution in [2.75, 3.05) is 37.7 Å². The average Bonchev–Trinajstić information content (AvgIpc) is 2.67. The minimum atomic E-state index is -4.36. The van der Waals surface area contributed by atoms with Crippen LogP contribution >= 0.6 is 11.6 Å². The van der Waals surface area contributed by atoms with Crippen LogP contribution in [0.3, 0.4) is 0 Å². The van der Waals surface area contributed by atoms with Crippen LogP contribution in [-0.2, 0) is 11.0 Å². The molecule has 4 nitrogen and oxygen atoms in total. The second kappa shape index (κ2) is 8.73. The van der Waals surface area contributed by atoms with E-state index in [9.17, 15) is 18.0 Å². The zero-order chi connectivity index (χ0) is 20.1. The van der Waals surface area contributed by atoms with Crippen LogP contribution in [0.2, 0.25) is 5.02 Å². The number of alkyl halides is 3. The number of benzene rings is 2. The maximum Gasteiger partial charge on any atom is 0.416 e. The van der Waals surface area contributed by atoms with Crippen molar-refractivity contribution in [1.82, 2.24) is 4.90 Å². The standard InChI is InChI=1S/C20H20ClF3N2O2/c21-16-4-2-6-18(14-16)28-12-7-19(27)26-10-8-25(9-11-26)17-5-1-3-15(13-17)20(22,23)24/h1-6,13-14H,7-12H2. The summed E-state index contributed by atoms with van der Waals surface area (Å²) < 4.78 is 44.2. The smallest absolute Gasteiger partial charge is 0.416 e. The number of piperazine rings is 1. The fraction of sp³-hybridized carbons (Fsp3) is 0.350. The van der Waals surface area contributed by atoms with Crippen LogP contribution in [-0.4, -0.2) is 43.6 Å². The number of carbonyl (C=O) groups excluding carboxylic acids is 1. The van der Waals surface area contributed by atoms with Crippen LogP contribution < -0.4 is 9.64 Å². The van der Waals surface area contributed by atoms with Gasteiger partial charge in [0.2, 0.25) is 5.91 Å². The molecule has 0 radical (unpaired) electrons. The van der Waals surface area contributed by atoms with E-state index >= 15 is 0 Å². The van der Waals surface area contributed by atoms with E-state index < -0.39 is 11.7 Å². The summed E-state index contributed by atoms with van der Waals surface area (Å²) in [5, 5.41) is 0.564. The molecular weight excluding hydrogens is 393 g/mol. The Bertz CT molecular complexity index is 821. The van der Waals surface area contributed by atoms with Gasteiger partial charge in [0.1, 0.15) is 5.75 Å². The molecular formula is C20H20ClF3N2O2. The van der Waals surface area contributed by atoms with Gasteiger partial charge >= 0.3 is 6.18 Å². The van der Waals surface area contributed by atoms with Gasteiger partial charge in [-0.25, -0.2) is 0 Å². The van der Waals surface area contributed by atoms with E-state index in [-0.39, 0.29) is 18.9 Å². The van der Waals surface area contributed by atoms with Crippen molar-refractivity contribution >= 4 is 23.2 Å². The van der Waals surface area contributed by atoms with Crippen molar-refractivity contribution in [2.45, 2.75) is 12.6 Å². The number of ether oxygens (including phenoxy) is 1. The van der Waals surface area contributed by atoms with E-state index in [4.69, 9.17) is 16.3 Å². The monoisotopic (exact) mass is 412 g/mol. The summed E-state index contributed by atoms with van der Waals surface area (Å²) in [5.74, 6) is 0.570. The Labute approximate surface area is 166 Å². The summed E-state index contributed by atoms with van der Waals surface area (Å²) in [6, 6.07) is 12.2. The summed E-state index contributed by atoms with van der Waals surface area (Å²) in [4.78, 5) is 15.9. The van der Waals surface area contributed by atoms with Crippen molar-refractivity contribution in [2.24, 2.45) is 0 Å². The molecule has 2 aromatic carbocycles. The van der Waals surface area contributed by atoms with Crippen molar-refractivity contribution in [1.29, 1.82) is 0 Å². The molecule has 0 bridgehead atoms. The third-order valence-electron chi connectivity index (χ3n) is 4.55. The highest BCUT2D eigenvalue weighted by atomic mass is 35.5. The molecule has 1 aliphatic rings. The number of hydrogen-bond donors (Lipinski definition) is 0. The molecule has 150 valence electrons. The molecule has 28 heavy (non-hydrogen) atoms. The Morgan fingerprint density at radius 3 is 2.43 bits per heavy atom. The molecule has 1 heterocycles. The summed E-state index contributed by atoms with van der Waals surface area (Å²) in [7, 11) is 0. The predicted molar refractivity (Wildman–Crippen MR) is 102 cm³/mol. The lowest BCUT2D eigenvalue weighted by Crippen LogP contribution is -2.49. The molecule has 3 rings (SSSR count). The highest BCUT2D eigenvalue weighted by Crippen LogP contribution is 2.31. The average molecular weight is 413 g/mol. The molecule has 1 amide bonds. The van der Waals surface area contributed by atoms with E-state index in [1.54, 1.807) is 35.2 Å². The normalized spacial score (nSPS) is 14.9. The van der Waals surface area contributed by atoms with Crippen LogP contribution in [0.25, 0.3) is 0 Å². The van der Waals surface area contributed by atoms with Gasteiger partial charge in [-0.3, -0.25) is 4.79 Å². The molecule has 0 spiro atoms. The topological polar surface area (TPSA) is 32.8 Å². The van der Waals surface area contributed by atoms with Crippen molar-refractivity contribution in [3.63, 3.8) is 0 Å². The van der Waals surface area contributed by atoms with Gasteiger partial charge in [0.25, 0.3) is 0 Å².